The van der Waals surface area contributed by atoms with E-state index in [0.717, 1.165) is 19.3 Å². The molecule has 0 aromatic rings. The maximum absolute atomic E-state index is 11.9. The van der Waals surface area contributed by atoms with Gasteiger partial charge in [-0.2, -0.15) is 0 Å². The van der Waals surface area contributed by atoms with Crippen LogP contribution in [0.1, 0.15) is 52.4 Å². The molecule has 4 N–H and O–H groups in total. The molecule has 1 unspecified atom stereocenters. The van der Waals surface area contributed by atoms with E-state index in [0.29, 0.717) is 25.4 Å². The number of nitrogens with one attached hydrogen (secondary N) is 2. The summed E-state index contributed by atoms with van der Waals surface area (Å²) in [5.41, 5.74) is 5.55. The van der Waals surface area contributed by atoms with Crippen molar-refractivity contribution in [3.05, 3.63) is 0 Å². The second-order valence-electron chi connectivity index (χ2n) is 5.74. The maximum Gasteiger partial charge on any atom is 0.220 e. The molecular weight excluding hydrogens is 242 g/mol. The van der Waals surface area contributed by atoms with Crippen LogP contribution in [0.4, 0.5) is 0 Å². The lowest BCUT2D eigenvalue weighted by molar-refractivity contribution is -0.123. The van der Waals surface area contributed by atoms with Gasteiger partial charge in [-0.3, -0.25) is 9.59 Å². The largest absolute Gasteiger partial charge is 0.356 e. The van der Waals surface area contributed by atoms with Crippen molar-refractivity contribution in [2.45, 2.75) is 57.9 Å². The van der Waals surface area contributed by atoms with Crippen molar-refractivity contribution in [3.63, 3.8) is 0 Å². The second-order valence-corrected chi connectivity index (χ2v) is 5.74. The van der Waals surface area contributed by atoms with Crippen LogP contribution in [-0.2, 0) is 9.59 Å². The highest BCUT2D eigenvalue weighted by Crippen LogP contribution is 2.38. The molecule has 19 heavy (non-hydrogen) atoms. The Morgan fingerprint density at radius 1 is 1.26 bits per heavy atom. The van der Waals surface area contributed by atoms with E-state index in [9.17, 15) is 9.59 Å². The summed E-state index contributed by atoms with van der Waals surface area (Å²) >= 11 is 0. The van der Waals surface area contributed by atoms with Crippen molar-refractivity contribution in [1.82, 2.24) is 10.6 Å². The third-order valence-corrected chi connectivity index (χ3v) is 3.78. The molecule has 1 aliphatic carbocycles. The quantitative estimate of drug-likeness (QED) is 0.544. The van der Waals surface area contributed by atoms with Crippen LogP contribution in [-0.4, -0.2) is 30.4 Å². The first-order valence-electron chi connectivity index (χ1n) is 7.23. The number of carbonyl (C=O) groups excluding carboxylic acids is 2. The summed E-state index contributed by atoms with van der Waals surface area (Å²) in [6.45, 7) is 4.75. The fourth-order valence-corrected chi connectivity index (χ4v) is 2.27. The minimum atomic E-state index is -0.215. The summed E-state index contributed by atoms with van der Waals surface area (Å²) in [4.78, 5) is 22.5. The highest BCUT2D eigenvalue weighted by atomic mass is 16.2. The summed E-state index contributed by atoms with van der Waals surface area (Å²) in [7, 11) is 0. The molecule has 0 aromatic carbocycles. The normalized spacial score (nSPS) is 17.6. The highest BCUT2D eigenvalue weighted by molar-refractivity contribution is 5.76. The molecule has 5 heteroatoms. The van der Waals surface area contributed by atoms with Crippen LogP contribution >= 0.6 is 0 Å². The molecular formula is C14H27N3O2. The van der Waals surface area contributed by atoms with Crippen molar-refractivity contribution >= 4 is 11.8 Å². The number of amides is 2. The van der Waals surface area contributed by atoms with E-state index in [1.54, 1.807) is 0 Å². The molecule has 0 spiro atoms. The molecule has 0 radical (unpaired) electrons. The third kappa shape index (κ3) is 6.05. The van der Waals surface area contributed by atoms with Gasteiger partial charge in [0.1, 0.15) is 0 Å². The summed E-state index contributed by atoms with van der Waals surface area (Å²) in [5, 5.41) is 5.83. The van der Waals surface area contributed by atoms with Crippen molar-refractivity contribution < 1.29 is 9.59 Å². The van der Waals surface area contributed by atoms with Gasteiger partial charge < -0.3 is 16.4 Å². The minimum absolute atomic E-state index is 0.000823. The summed E-state index contributed by atoms with van der Waals surface area (Å²) in [5.74, 6) is 0.654. The summed E-state index contributed by atoms with van der Waals surface area (Å²) in [6, 6.07) is 0. The Morgan fingerprint density at radius 2 is 1.95 bits per heavy atom. The number of hydrogen-bond acceptors (Lipinski definition) is 3. The van der Waals surface area contributed by atoms with Gasteiger partial charge in [-0.1, -0.05) is 6.42 Å². The molecule has 1 saturated carbocycles. The van der Waals surface area contributed by atoms with Crippen LogP contribution in [0.25, 0.3) is 0 Å². The topological polar surface area (TPSA) is 84.2 Å². The van der Waals surface area contributed by atoms with E-state index < -0.39 is 0 Å². The van der Waals surface area contributed by atoms with E-state index in [-0.39, 0.29) is 17.4 Å². The Morgan fingerprint density at radius 3 is 2.47 bits per heavy atom. The molecule has 1 aliphatic rings. The zero-order chi connectivity index (χ0) is 14.3. The van der Waals surface area contributed by atoms with Crippen LogP contribution in [0.5, 0.6) is 0 Å². The highest BCUT2D eigenvalue weighted by Gasteiger charge is 2.41. The first-order chi connectivity index (χ1) is 8.98. The van der Waals surface area contributed by atoms with Gasteiger partial charge in [0.25, 0.3) is 0 Å². The zero-order valence-electron chi connectivity index (χ0n) is 12.1. The first kappa shape index (κ1) is 16.0. The Bertz CT molecular complexity index is 316. The molecule has 0 saturated heterocycles. The van der Waals surface area contributed by atoms with Gasteiger partial charge in [0, 0.05) is 26.4 Å². The van der Waals surface area contributed by atoms with Crippen LogP contribution in [0.3, 0.4) is 0 Å². The van der Waals surface area contributed by atoms with Gasteiger partial charge in [-0.15, -0.1) is 0 Å². The fraction of sp³-hybridized carbons (Fsp3) is 0.857. The Balaban J connectivity index is 2.09. The van der Waals surface area contributed by atoms with Crippen molar-refractivity contribution in [3.8, 4) is 0 Å². The molecule has 1 atom stereocenters. The van der Waals surface area contributed by atoms with Crippen molar-refractivity contribution in [2.75, 3.05) is 13.1 Å². The summed E-state index contributed by atoms with van der Waals surface area (Å²) in [6.07, 6.45) is 5.62. The number of unbranched alkanes of at least 4 members (excludes halogenated alkanes) is 2. The number of hydrogen-bond donors (Lipinski definition) is 3. The monoisotopic (exact) mass is 269 g/mol. The Kier molecular flexibility index (Phi) is 6.28. The predicted octanol–water partition coefficient (Wildman–Crippen LogP) is 0.927. The van der Waals surface area contributed by atoms with Crippen LogP contribution in [0.15, 0.2) is 0 Å². The van der Waals surface area contributed by atoms with Gasteiger partial charge >= 0.3 is 0 Å². The van der Waals surface area contributed by atoms with E-state index in [1.165, 1.54) is 19.8 Å². The molecule has 0 bridgehead atoms. The number of nitrogens with two attached hydrogens (primary N) is 1. The van der Waals surface area contributed by atoms with E-state index >= 15 is 0 Å². The van der Waals surface area contributed by atoms with Crippen molar-refractivity contribution in [1.29, 1.82) is 0 Å². The molecule has 0 aliphatic heterocycles. The average molecular weight is 269 g/mol. The Hall–Kier alpha value is -1.10. The van der Waals surface area contributed by atoms with Crippen LogP contribution in [0, 0.1) is 5.92 Å². The van der Waals surface area contributed by atoms with Crippen molar-refractivity contribution in [2.24, 2.45) is 11.7 Å². The molecule has 1 fully saturated rings. The lowest BCUT2D eigenvalue weighted by Crippen LogP contribution is -2.53. The van der Waals surface area contributed by atoms with Gasteiger partial charge in [0.05, 0.1) is 5.54 Å². The molecule has 2 amide bonds. The standard InChI is InChI=1S/C14H27N3O2/c1-11(18)16-9-5-3-4-6-13(19)17-14(2,10-15)12-7-8-12/h12H,3-10,15H2,1-2H3,(H,16,18)(H,17,19). The van der Waals surface area contributed by atoms with Gasteiger partial charge in [-0.05, 0) is 38.5 Å². The zero-order valence-corrected chi connectivity index (χ0v) is 12.1. The predicted molar refractivity (Wildman–Crippen MR) is 75.5 cm³/mol. The maximum atomic E-state index is 11.9. The second kappa shape index (κ2) is 7.48. The Labute approximate surface area is 115 Å². The smallest absolute Gasteiger partial charge is 0.220 e. The van der Waals surface area contributed by atoms with Gasteiger partial charge in [0.15, 0.2) is 0 Å². The van der Waals surface area contributed by atoms with Gasteiger partial charge in [-0.25, -0.2) is 0 Å². The average Bonchev–Trinajstić information content (AvgIpc) is 3.17. The SMILES string of the molecule is CC(=O)NCCCCCC(=O)NC(C)(CN)C1CC1. The first-order valence-corrected chi connectivity index (χ1v) is 7.23. The van der Waals surface area contributed by atoms with Crippen LogP contribution in [0.2, 0.25) is 0 Å². The summed E-state index contributed by atoms with van der Waals surface area (Å²) < 4.78 is 0. The van der Waals surface area contributed by atoms with Crippen LogP contribution < -0.4 is 16.4 Å². The lowest BCUT2D eigenvalue weighted by Gasteiger charge is -2.29. The number of carbonyl (C=O) groups is 2. The third-order valence-electron chi connectivity index (χ3n) is 3.78. The molecule has 110 valence electrons. The minimum Gasteiger partial charge on any atom is -0.356 e. The fourth-order valence-electron chi connectivity index (χ4n) is 2.27. The molecule has 0 heterocycles. The van der Waals surface area contributed by atoms with E-state index in [1.807, 2.05) is 6.92 Å². The molecule has 1 rings (SSSR count). The lowest BCUT2D eigenvalue weighted by atomic mass is 9.95. The molecule has 5 nitrogen and oxygen atoms in total. The number of rotatable bonds is 9. The van der Waals surface area contributed by atoms with E-state index in [4.69, 9.17) is 5.73 Å². The van der Waals surface area contributed by atoms with E-state index in [2.05, 4.69) is 10.6 Å². The van der Waals surface area contributed by atoms with Gasteiger partial charge in [0.2, 0.25) is 11.8 Å². The molecule has 0 aromatic heterocycles.